The summed E-state index contributed by atoms with van der Waals surface area (Å²) in [6.45, 7) is 11.5. The summed E-state index contributed by atoms with van der Waals surface area (Å²) in [7, 11) is 0. The molecule has 0 radical (unpaired) electrons. The third-order valence-corrected chi connectivity index (χ3v) is 4.37. The molecule has 0 aliphatic rings. The first-order chi connectivity index (χ1) is 9.02. The van der Waals surface area contributed by atoms with E-state index in [0.29, 0.717) is 0 Å². The fraction of sp³-hybridized carbons (Fsp3) is 0.571. The zero-order valence-corrected chi connectivity index (χ0v) is 13.1. The average molecular weight is 278 g/mol. The lowest BCUT2D eigenvalue weighted by Crippen LogP contribution is -2.12. The van der Waals surface area contributed by atoms with E-state index < -0.39 is 0 Å². The maximum Gasteiger partial charge on any atom is 0.203 e. The number of thiazole rings is 1. The van der Waals surface area contributed by atoms with Crippen molar-refractivity contribution in [3.8, 4) is 0 Å². The van der Waals surface area contributed by atoms with E-state index in [4.69, 9.17) is 0 Å². The molecule has 0 saturated carbocycles. The van der Waals surface area contributed by atoms with Crippen LogP contribution in [-0.2, 0) is 0 Å². The number of hydrogen-bond donors (Lipinski definition) is 1. The van der Waals surface area contributed by atoms with Crippen molar-refractivity contribution in [3.63, 3.8) is 0 Å². The van der Waals surface area contributed by atoms with Crippen LogP contribution in [0.2, 0.25) is 0 Å². The number of imidazole rings is 1. The van der Waals surface area contributed by atoms with Crippen molar-refractivity contribution >= 4 is 17.3 Å². The standard InChI is InChI=1S/C14H22N4S/c1-6-7-15-14-16-9(2)8-18(14)11(4)13-10(3)17-12(5)19-13/h8,11H,6-7H2,1-5H3,(H,15,16). The third-order valence-electron chi connectivity index (χ3n) is 3.12. The van der Waals surface area contributed by atoms with Crippen LogP contribution in [-0.4, -0.2) is 21.1 Å². The molecule has 0 amide bonds. The van der Waals surface area contributed by atoms with Crippen LogP contribution in [0.1, 0.15) is 47.6 Å². The molecule has 0 aromatic carbocycles. The van der Waals surface area contributed by atoms with E-state index in [1.54, 1.807) is 11.3 Å². The zero-order chi connectivity index (χ0) is 14.0. The van der Waals surface area contributed by atoms with Crippen LogP contribution < -0.4 is 5.32 Å². The van der Waals surface area contributed by atoms with E-state index in [1.165, 1.54) is 4.88 Å². The molecular formula is C14H22N4S. The Morgan fingerprint density at radius 1 is 1.32 bits per heavy atom. The van der Waals surface area contributed by atoms with Crippen LogP contribution in [0.15, 0.2) is 6.20 Å². The minimum Gasteiger partial charge on any atom is -0.356 e. The highest BCUT2D eigenvalue weighted by atomic mass is 32.1. The molecule has 0 fully saturated rings. The van der Waals surface area contributed by atoms with Crippen molar-refractivity contribution in [2.24, 2.45) is 0 Å². The molecule has 0 aliphatic heterocycles. The minimum atomic E-state index is 0.270. The number of aryl methyl sites for hydroxylation is 3. The summed E-state index contributed by atoms with van der Waals surface area (Å²) >= 11 is 1.77. The largest absolute Gasteiger partial charge is 0.356 e. The van der Waals surface area contributed by atoms with Gasteiger partial charge in [-0.2, -0.15) is 0 Å². The Bertz CT molecular complexity index is 556. The molecule has 4 nitrogen and oxygen atoms in total. The second kappa shape index (κ2) is 5.74. The van der Waals surface area contributed by atoms with Gasteiger partial charge in [0.1, 0.15) is 0 Å². The predicted molar refractivity (Wildman–Crippen MR) is 81.1 cm³/mol. The molecular weight excluding hydrogens is 256 g/mol. The predicted octanol–water partition coefficient (Wildman–Crippen LogP) is 3.70. The summed E-state index contributed by atoms with van der Waals surface area (Å²) in [4.78, 5) is 10.4. The first-order valence-electron chi connectivity index (χ1n) is 6.76. The maximum atomic E-state index is 4.57. The van der Waals surface area contributed by atoms with Crippen LogP contribution >= 0.6 is 11.3 Å². The molecule has 2 rings (SSSR count). The van der Waals surface area contributed by atoms with Crippen molar-refractivity contribution < 1.29 is 0 Å². The summed E-state index contributed by atoms with van der Waals surface area (Å²) in [6.07, 6.45) is 3.20. The minimum absolute atomic E-state index is 0.270. The second-order valence-electron chi connectivity index (χ2n) is 4.90. The molecule has 1 N–H and O–H groups in total. The first kappa shape index (κ1) is 14.1. The summed E-state index contributed by atoms with van der Waals surface area (Å²) in [5, 5.41) is 4.52. The van der Waals surface area contributed by atoms with Gasteiger partial charge >= 0.3 is 0 Å². The van der Waals surface area contributed by atoms with Crippen molar-refractivity contribution in [1.82, 2.24) is 14.5 Å². The van der Waals surface area contributed by atoms with E-state index in [0.717, 1.165) is 35.3 Å². The van der Waals surface area contributed by atoms with Crippen molar-refractivity contribution in [3.05, 3.63) is 27.5 Å². The normalized spacial score (nSPS) is 12.7. The van der Waals surface area contributed by atoms with Crippen LogP contribution in [0.5, 0.6) is 0 Å². The molecule has 104 valence electrons. The number of rotatable bonds is 5. The third kappa shape index (κ3) is 2.97. The molecule has 0 aliphatic carbocycles. The quantitative estimate of drug-likeness (QED) is 0.907. The lowest BCUT2D eigenvalue weighted by atomic mass is 10.2. The molecule has 2 heterocycles. The topological polar surface area (TPSA) is 42.7 Å². The van der Waals surface area contributed by atoms with Crippen molar-refractivity contribution in [1.29, 1.82) is 0 Å². The molecule has 1 atom stereocenters. The van der Waals surface area contributed by atoms with Gasteiger partial charge in [0.2, 0.25) is 5.95 Å². The van der Waals surface area contributed by atoms with E-state index in [2.05, 4.69) is 53.7 Å². The smallest absolute Gasteiger partial charge is 0.203 e. The highest BCUT2D eigenvalue weighted by Crippen LogP contribution is 2.29. The fourth-order valence-corrected chi connectivity index (χ4v) is 3.22. The summed E-state index contributed by atoms with van der Waals surface area (Å²) in [6, 6.07) is 0.270. The molecule has 2 aromatic rings. The molecule has 1 unspecified atom stereocenters. The van der Waals surface area contributed by atoms with Crippen LogP contribution in [0, 0.1) is 20.8 Å². The average Bonchev–Trinajstić information content (AvgIpc) is 2.88. The van der Waals surface area contributed by atoms with Crippen LogP contribution in [0.25, 0.3) is 0 Å². The van der Waals surface area contributed by atoms with E-state index in [1.807, 2.05) is 6.92 Å². The first-order valence-corrected chi connectivity index (χ1v) is 7.57. The molecule has 0 bridgehead atoms. The van der Waals surface area contributed by atoms with Gasteiger partial charge in [-0.3, -0.25) is 0 Å². The fourth-order valence-electron chi connectivity index (χ4n) is 2.24. The van der Waals surface area contributed by atoms with Gasteiger partial charge in [0.25, 0.3) is 0 Å². The SMILES string of the molecule is CCCNc1nc(C)cn1C(C)c1sc(C)nc1C. The van der Waals surface area contributed by atoms with Gasteiger partial charge in [0.15, 0.2) is 0 Å². The number of hydrogen-bond acceptors (Lipinski definition) is 4. The Morgan fingerprint density at radius 3 is 2.63 bits per heavy atom. The summed E-state index contributed by atoms with van der Waals surface area (Å²) < 4.78 is 2.21. The van der Waals surface area contributed by atoms with E-state index in [9.17, 15) is 0 Å². The van der Waals surface area contributed by atoms with Crippen molar-refractivity contribution in [2.45, 2.75) is 47.1 Å². The van der Waals surface area contributed by atoms with E-state index in [-0.39, 0.29) is 6.04 Å². The zero-order valence-electron chi connectivity index (χ0n) is 12.3. The van der Waals surface area contributed by atoms with Crippen molar-refractivity contribution in [2.75, 3.05) is 11.9 Å². The molecule has 0 spiro atoms. The number of aromatic nitrogens is 3. The Labute approximate surface area is 118 Å². The summed E-state index contributed by atoms with van der Waals surface area (Å²) in [5.41, 5.74) is 2.17. The van der Waals surface area contributed by atoms with E-state index >= 15 is 0 Å². The Hall–Kier alpha value is -1.36. The highest BCUT2D eigenvalue weighted by Gasteiger charge is 2.18. The summed E-state index contributed by atoms with van der Waals surface area (Å²) in [5.74, 6) is 0.956. The van der Waals surface area contributed by atoms with Gasteiger partial charge in [-0.15, -0.1) is 11.3 Å². The number of nitrogens with one attached hydrogen (secondary N) is 1. The van der Waals surface area contributed by atoms with Gasteiger partial charge < -0.3 is 9.88 Å². The Kier molecular flexibility index (Phi) is 4.24. The maximum absolute atomic E-state index is 4.57. The molecule has 2 aromatic heterocycles. The number of anilines is 1. The molecule has 0 saturated heterocycles. The highest BCUT2D eigenvalue weighted by molar-refractivity contribution is 7.11. The van der Waals surface area contributed by atoms with Gasteiger partial charge in [-0.1, -0.05) is 6.92 Å². The lowest BCUT2D eigenvalue weighted by molar-refractivity contribution is 0.648. The van der Waals surface area contributed by atoms with Gasteiger partial charge in [-0.25, -0.2) is 9.97 Å². The second-order valence-corrected chi connectivity index (χ2v) is 6.13. The monoisotopic (exact) mass is 278 g/mol. The number of nitrogens with zero attached hydrogens (tertiary/aromatic N) is 3. The lowest BCUT2D eigenvalue weighted by Gasteiger charge is -2.16. The molecule has 5 heteroatoms. The van der Waals surface area contributed by atoms with Crippen LogP contribution in [0.4, 0.5) is 5.95 Å². The van der Waals surface area contributed by atoms with Gasteiger partial charge in [0.05, 0.1) is 27.3 Å². The molecule has 19 heavy (non-hydrogen) atoms. The Morgan fingerprint density at radius 2 is 2.05 bits per heavy atom. The van der Waals surface area contributed by atoms with Gasteiger partial charge in [0, 0.05) is 12.7 Å². The van der Waals surface area contributed by atoms with Crippen LogP contribution in [0.3, 0.4) is 0 Å². The Balaban J connectivity index is 2.32. The van der Waals surface area contributed by atoms with Gasteiger partial charge in [-0.05, 0) is 34.1 Å².